The predicted octanol–water partition coefficient (Wildman–Crippen LogP) is 2.49. The van der Waals surface area contributed by atoms with E-state index in [9.17, 15) is 9.59 Å². The normalized spacial score (nSPS) is 9.74. The number of ether oxygens (including phenoxy) is 1. The van der Waals surface area contributed by atoms with E-state index >= 15 is 0 Å². The zero-order valence-corrected chi connectivity index (χ0v) is 10.1. The molecule has 0 saturated carbocycles. The highest BCUT2D eigenvalue weighted by Gasteiger charge is 2.14. The molecule has 2 rings (SSSR count). The third-order valence-corrected chi connectivity index (χ3v) is 2.28. The summed E-state index contributed by atoms with van der Waals surface area (Å²) in [5, 5.41) is 0. The van der Waals surface area contributed by atoms with E-state index in [0.717, 1.165) is 0 Å². The molecule has 0 fully saturated rings. The third kappa shape index (κ3) is 2.94. The SMILES string of the molecule is CCOC(=O)c1coc(-c2ccc(N=C=O)cc2)n1. The molecule has 0 bridgehead atoms. The van der Waals surface area contributed by atoms with Crippen LogP contribution in [0, 0.1) is 0 Å². The van der Waals surface area contributed by atoms with Gasteiger partial charge < -0.3 is 9.15 Å². The van der Waals surface area contributed by atoms with Crippen molar-refractivity contribution >= 4 is 17.7 Å². The molecule has 6 nitrogen and oxygen atoms in total. The number of esters is 1. The minimum atomic E-state index is -0.528. The van der Waals surface area contributed by atoms with Gasteiger partial charge in [0.1, 0.15) is 6.26 Å². The van der Waals surface area contributed by atoms with E-state index in [1.807, 2.05) is 0 Å². The molecule has 1 aromatic heterocycles. The van der Waals surface area contributed by atoms with Gasteiger partial charge in [0.05, 0.1) is 12.3 Å². The molecule has 19 heavy (non-hydrogen) atoms. The average molecular weight is 258 g/mol. The summed E-state index contributed by atoms with van der Waals surface area (Å²) in [4.78, 5) is 29.0. The van der Waals surface area contributed by atoms with Crippen LogP contribution in [-0.2, 0) is 9.53 Å². The van der Waals surface area contributed by atoms with Gasteiger partial charge in [0.15, 0.2) is 5.69 Å². The van der Waals surface area contributed by atoms with Crippen LogP contribution >= 0.6 is 0 Å². The Balaban J connectivity index is 2.22. The number of carbonyl (C=O) groups excluding carboxylic acids is 2. The Bertz CT molecular complexity index is 624. The molecule has 0 atom stereocenters. The molecule has 0 aliphatic carbocycles. The zero-order valence-electron chi connectivity index (χ0n) is 10.1. The number of nitrogens with zero attached hydrogens (tertiary/aromatic N) is 2. The van der Waals surface area contributed by atoms with E-state index in [0.29, 0.717) is 17.1 Å². The van der Waals surface area contributed by atoms with Crippen molar-refractivity contribution in [2.24, 2.45) is 4.99 Å². The molecule has 0 aliphatic heterocycles. The third-order valence-electron chi connectivity index (χ3n) is 2.28. The largest absolute Gasteiger partial charge is 0.461 e. The maximum atomic E-state index is 11.4. The summed E-state index contributed by atoms with van der Waals surface area (Å²) in [5.41, 5.74) is 1.27. The number of benzene rings is 1. The average Bonchev–Trinajstić information content (AvgIpc) is 2.90. The van der Waals surface area contributed by atoms with Gasteiger partial charge >= 0.3 is 5.97 Å². The van der Waals surface area contributed by atoms with Crippen molar-refractivity contribution in [1.82, 2.24) is 4.98 Å². The Kier molecular flexibility index (Phi) is 3.85. The van der Waals surface area contributed by atoms with Crippen LogP contribution in [0.25, 0.3) is 11.5 Å². The van der Waals surface area contributed by atoms with E-state index < -0.39 is 5.97 Å². The van der Waals surface area contributed by atoms with Crippen LogP contribution in [0.1, 0.15) is 17.4 Å². The number of isocyanates is 1. The molecule has 2 aromatic rings. The molecule has 96 valence electrons. The van der Waals surface area contributed by atoms with Crippen LogP contribution in [0.15, 0.2) is 39.9 Å². The summed E-state index contributed by atoms with van der Waals surface area (Å²) in [6, 6.07) is 6.59. The minimum Gasteiger partial charge on any atom is -0.461 e. The monoisotopic (exact) mass is 258 g/mol. The number of oxazole rings is 1. The fraction of sp³-hybridized carbons (Fsp3) is 0.154. The van der Waals surface area contributed by atoms with Crippen LogP contribution in [0.5, 0.6) is 0 Å². The molecular weight excluding hydrogens is 248 g/mol. The van der Waals surface area contributed by atoms with Crippen molar-refractivity contribution in [3.8, 4) is 11.5 Å². The number of hydrogen-bond donors (Lipinski definition) is 0. The minimum absolute atomic E-state index is 0.117. The lowest BCUT2D eigenvalue weighted by atomic mass is 10.2. The first-order chi connectivity index (χ1) is 9.24. The highest BCUT2D eigenvalue weighted by Crippen LogP contribution is 2.22. The van der Waals surface area contributed by atoms with Crippen molar-refractivity contribution in [3.63, 3.8) is 0 Å². The number of hydrogen-bond acceptors (Lipinski definition) is 6. The van der Waals surface area contributed by atoms with E-state index in [1.54, 1.807) is 31.2 Å². The molecule has 0 amide bonds. The highest BCUT2D eigenvalue weighted by atomic mass is 16.5. The Morgan fingerprint density at radius 2 is 2.16 bits per heavy atom. The van der Waals surface area contributed by atoms with Gasteiger partial charge in [0, 0.05) is 5.56 Å². The van der Waals surface area contributed by atoms with Crippen LogP contribution in [0.4, 0.5) is 5.69 Å². The molecular formula is C13H10N2O4. The topological polar surface area (TPSA) is 81.8 Å². The lowest BCUT2D eigenvalue weighted by Gasteiger charge is -1.96. The van der Waals surface area contributed by atoms with E-state index in [2.05, 4.69) is 9.98 Å². The fourth-order valence-corrected chi connectivity index (χ4v) is 1.44. The molecule has 0 N–H and O–H groups in total. The van der Waals surface area contributed by atoms with Crippen LogP contribution < -0.4 is 0 Å². The first-order valence-electron chi connectivity index (χ1n) is 5.55. The lowest BCUT2D eigenvalue weighted by molar-refractivity contribution is 0.0519. The summed E-state index contributed by atoms with van der Waals surface area (Å²) in [6.45, 7) is 1.99. The summed E-state index contributed by atoms with van der Waals surface area (Å²) in [7, 11) is 0. The Hall–Kier alpha value is -2.72. The van der Waals surface area contributed by atoms with Crippen molar-refractivity contribution < 1.29 is 18.7 Å². The van der Waals surface area contributed by atoms with Crippen molar-refractivity contribution in [2.75, 3.05) is 6.61 Å². The Labute approximate surface area is 108 Å². The molecule has 0 unspecified atom stereocenters. The summed E-state index contributed by atoms with van der Waals surface area (Å²) in [5.74, 6) is -0.232. The molecule has 0 spiro atoms. The smallest absolute Gasteiger partial charge is 0.360 e. The van der Waals surface area contributed by atoms with Crippen LogP contribution in [-0.4, -0.2) is 23.6 Å². The van der Waals surface area contributed by atoms with E-state index in [-0.39, 0.29) is 12.3 Å². The number of aliphatic imine (C=N–C) groups is 1. The van der Waals surface area contributed by atoms with Gasteiger partial charge in [-0.2, -0.15) is 4.99 Å². The Morgan fingerprint density at radius 3 is 2.79 bits per heavy atom. The maximum absolute atomic E-state index is 11.4. The summed E-state index contributed by atoms with van der Waals surface area (Å²) >= 11 is 0. The van der Waals surface area contributed by atoms with Gasteiger partial charge in [0.25, 0.3) is 0 Å². The summed E-state index contributed by atoms with van der Waals surface area (Å²) in [6.07, 6.45) is 2.69. The number of carbonyl (C=O) groups is 1. The first kappa shape index (κ1) is 12.7. The summed E-state index contributed by atoms with van der Waals surface area (Å²) < 4.78 is 10.0. The van der Waals surface area contributed by atoms with E-state index in [4.69, 9.17) is 9.15 Å². The quantitative estimate of drug-likeness (QED) is 0.478. The highest BCUT2D eigenvalue weighted by molar-refractivity contribution is 5.87. The van der Waals surface area contributed by atoms with Gasteiger partial charge in [-0.1, -0.05) is 0 Å². The second-order valence-corrected chi connectivity index (χ2v) is 3.51. The first-order valence-corrected chi connectivity index (χ1v) is 5.55. The lowest BCUT2D eigenvalue weighted by Crippen LogP contribution is -2.04. The van der Waals surface area contributed by atoms with Crippen LogP contribution in [0.3, 0.4) is 0 Å². The van der Waals surface area contributed by atoms with Gasteiger partial charge in [-0.3, -0.25) is 0 Å². The van der Waals surface area contributed by atoms with Gasteiger partial charge in [-0.15, -0.1) is 0 Å². The molecule has 0 radical (unpaired) electrons. The maximum Gasteiger partial charge on any atom is 0.360 e. The van der Waals surface area contributed by atoms with Gasteiger partial charge in [-0.05, 0) is 31.2 Å². The van der Waals surface area contributed by atoms with Gasteiger partial charge in [0.2, 0.25) is 12.0 Å². The van der Waals surface area contributed by atoms with Crippen molar-refractivity contribution in [3.05, 3.63) is 36.2 Å². The molecule has 6 heteroatoms. The second kappa shape index (κ2) is 5.75. The van der Waals surface area contributed by atoms with E-state index in [1.165, 1.54) is 12.3 Å². The molecule has 1 aromatic carbocycles. The van der Waals surface area contributed by atoms with Gasteiger partial charge in [-0.25, -0.2) is 14.6 Å². The Morgan fingerprint density at radius 1 is 1.42 bits per heavy atom. The predicted molar refractivity (Wildman–Crippen MR) is 65.7 cm³/mol. The van der Waals surface area contributed by atoms with Crippen molar-refractivity contribution in [2.45, 2.75) is 6.92 Å². The molecule has 0 aliphatic rings. The molecule has 1 heterocycles. The number of aromatic nitrogens is 1. The molecule has 0 saturated heterocycles. The second-order valence-electron chi connectivity index (χ2n) is 3.51. The fourth-order valence-electron chi connectivity index (χ4n) is 1.44. The standard InChI is InChI=1S/C13H10N2O4/c1-2-18-13(17)11-7-19-12(15-11)9-3-5-10(6-4-9)14-8-16/h3-7H,2H2,1H3. The van der Waals surface area contributed by atoms with Crippen LogP contribution in [0.2, 0.25) is 0 Å². The number of rotatable bonds is 4. The zero-order chi connectivity index (χ0) is 13.7. The van der Waals surface area contributed by atoms with Crippen molar-refractivity contribution in [1.29, 1.82) is 0 Å².